The van der Waals surface area contributed by atoms with E-state index in [2.05, 4.69) is 27.0 Å². The second kappa shape index (κ2) is 8.46. The van der Waals surface area contributed by atoms with E-state index in [0.717, 1.165) is 12.8 Å². The third kappa shape index (κ3) is 5.73. The molecular formula is C20H26ClN5O3. The van der Waals surface area contributed by atoms with E-state index in [-0.39, 0.29) is 29.5 Å². The Labute approximate surface area is 174 Å². The highest BCUT2D eigenvalue weighted by Crippen LogP contribution is 2.34. The van der Waals surface area contributed by atoms with Crippen molar-refractivity contribution in [2.75, 3.05) is 0 Å². The summed E-state index contributed by atoms with van der Waals surface area (Å²) in [6, 6.07) is 3.63. The summed E-state index contributed by atoms with van der Waals surface area (Å²) in [7, 11) is 0. The van der Waals surface area contributed by atoms with Crippen molar-refractivity contribution >= 4 is 29.3 Å². The number of amides is 3. The summed E-state index contributed by atoms with van der Waals surface area (Å²) in [6.45, 7) is 3.86. The molecule has 8 nitrogen and oxygen atoms in total. The van der Waals surface area contributed by atoms with Gasteiger partial charge in [-0.05, 0) is 51.2 Å². The van der Waals surface area contributed by atoms with E-state index >= 15 is 0 Å². The maximum absolute atomic E-state index is 12.8. The topological polar surface area (TPSA) is 127 Å². The van der Waals surface area contributed by atoms with Gasteiger partial charge in [0.05, 0.1) is 6.07 Å². The Morgan fingerprint density at radius 2 is 2.03 bits per heavy atom. The van der Waals surface area contributed by atoms with E-state index in [4.69, 9.17) is 11.6 Å². The SMILES string of the molecule is CC1(C)C[C@@H](CC(C#N)NC(=O)C(CC2CC2)NC(=O)c2ccc(Cl)[nH]2)C(=O)N1. The second-order valence-corrected chi connectivity index (χ2v) is 9.03. The van der Waals surface area contributed by atoms with Gasteiger partial charge in [0.15, 0.2) is 0 Å². The zero-order valence-electron chi connectivity index (χ0n) is 16.5. The average molecular weight is 420 g/mol. The molecule has 0 bridgehead atoms. The number of rotatable bonds is 8. The van der Waals surface area contributed by atoms with Crippen molar-refractivity contribution < 1.29 is 14.4 Å². The molecule has 2 unspecified atom stereocenters. The minimum Gasteiger partial charge on any atom is -0.351 e. The predicted octanol–water partition coefficient (Wildman–Crippen LogP) is 1.88. The van der Waals surface area contributed by atoms with Crippen molar-refractivity contribution in [2.45, 2.75) is 63.6 Å². The lowest BCUT2D eigenvalue weighted by molar-refractivity contribution is -0.125. The van der Waals surface area contributed by atoms with Crippen LogP contribution in [-0.2, 0) is 9.59 Å². The highest BCUT2D eigenvalue weighted by atomic mass is 35.5. The van der Waals surface area contributed by atoms with Crippen LogP contribution < -0.4 is 16.0 Å². The number of nitrogens with one attached hydrogen (secondary N) is 4. The molecule has 9 heteroatoms. The van der Waals surface area contributed by atoms with Gasteiger partial charge in [-0.3, -0.25) is 14.4 Å². The van der Waals surface area contributed by atoms with Gasteiger partial charge in [0.2, 0.25) is 11.8 Å². The van der Waals surface area contributed by atoms with E-state index in [9.17, 15) is 19.6 Å². The van der Waals surface area contributed by atoms with Crippen molar-refractivity contribution in [1.29, 1.82) is 5.26 Å². The smallest absolute Gasteiger partial charge is 0.268 e. The summed E-state index contributed by atoms with van der Waals surface area (Å²) >= 11 is 5.81. The molecule has 2 aliphatic rings. The molecule has 1 aliphatic carbocycles. The summed E-state index contributed by atoms with van der Waals surface area (Å²) in [5.74, 6) is -0.876. The molecule has 3 rings (SSSR count). The molecule has 0 spiro atoms. The monoisotopic (exact) mass is 419 g/mol. The van der Waals surface area contributed by atoms with Crippen molar-refractivity contribution in [2.24, 2.45) is 11.8 Å². The first kappa shape index (κ1) is 21.2. The minimum atomic E-state index is -0.800. The van der Waals surface area contributed by atoms with Crippen LogP contribution in [0.2, 0.25) is 5.15 Å². The molecule has 4 N–H and O–H groups in total. The van der Waals surface area contributed by atoms with Crippen molar-refractivity contribution in [3.8, 4) is 6.07 Å². The van der Waals surface area contributed by atoms with Gasteiger partial charge < -0.3 is 20.9 Å². The van der Waals surface area contributed by atoms with E-state index in [0.29, 0.717) is 23.9 Å². The van der Waals surface area contributed by atoms with Gasteiger partial charge in [-0.15, -0.1) is 0 Å². The molecule has 2 heterocycles. The highest BCUT2D eigenvalue weighted by Gasteiger charge is 2.39. The summed E-state index contributed by atoms with van der Waals surface area (Å²) in [4.78, 5) is 40.1. The molecule has 1 saturated heterocycles. The molecule has 156 valence electrons. The van der Waals surface area contributed by atoms with E-state index in [1.165, 1.54) is 0 Å². The van der Waals surface area contributed by atoms with Crippen LogP contribution in [0.4, 0.5) is 0 Å². The zero-order chi connectivity index (χ0) is 21.2. The number of halogens is 1. The molecule has 0 radical (unpaired) electrons. The van der Waals surface area contributed by atoms with Crippen molar-refractivity contribution in [3.05, 3.63) is 23.0 Å². The first-order valence-corrected chi connectivity index (χ1v) is 10.2. The number of aromatic nitrogens is 1. The molecule has 1 aliphatic heterocycles. The Morgan fingerprint density at radius 1 is 1.31 bits per heavy atom. The fourth-order valence-electron chi connectivity index (χ4n) is 3.74. The number of carbonyl (C=O) groups excluding carboxylic acids is 3. The molecule has 3 amide bonds. The van der Waals surface area contributed by atoms with Gasteiger partial charge in [-0.1, -0.05) is 24.4 Å². The van der Waals surface area contributed by atoms with Crippen LogP contribution in [0.1, 0.15) is 56.4 Å². The van der Waals surface area contributed by atoms with Crippen LogP contribution in [0.15, 0.2) is 12.1 Å². The Morgan fingerprint density at radius 3 is 2.55 bits per heavy atom. The molecule has 2 fully saturated rings. The van der Waals surface area contributed by atoms with Crippen LogP contribution >= 0.6 is 11.6 Å². The lowest BCUT2D eigenvalue weighted by Gasteiger charge is -2.21. The quantitative estimate of drug-likeness (QED) is 0.513. The number of aromatic amines is 1. The van der Waals surface area contributed by atoms with Crippen molar-refractivity contribution in [3.63, 3.8) is 0 Å². The summed E-state index contributed by atoms with van der Waals surface area (Å²) in [5.41, 5.74) is -0.0451. The highest BCUT2D eigenvalue weighted by molar-refractivity contribution is 6.29. The van der Waals surface area contributed by atoms with E-state index in [1.807, 2.05) is 13.8 Å². The molecule has 3 atom stereocenters. The standard InChI is InChI=1S/C20H26ClN5O3/c1-20(2)9-12(17(27)26-20)8-13(10-22)23-19(29)15(7-11-3-4-11)25-18(28)14-5-6-16(21)24-14/h5-6,11-13,15,24H,3-4,7-9H2,1-2H3,(H,23,29)(H,25,28)(H,26,27)/t12-,13?,15?/m1/s1. The van der Waals surface area contributed by atoms with Gasteiger partial charge in [0.1, 0.15) is 22.9 Å². The lowest BCUT2D eigenvalue weighted by atomic mass is 9.92. The van der Waals surface area contributed by atoms with Gasteiger partial charge >= 0.3 is 0 Å². The zero-order valence-corrected chi connectivity index (χ0v) is 17.3. The molecule has 0 aromatic carbocycles. The number of nitriles is 1. The number of nitrogens with zero attached hydrogens (tertiary/aromatic N) is 1. The predicted molar refractivity (Wildman–Crippen MR) is 107 cm³/mol. The van der Waals surface area contributed by atoms with Crippen molar-refractivity contribution in [1.82, 2.24) is 20.9 Å². The maximum Gasteiger partial charge on any atom is 0.268 e. The first-order chi connectivity index (χ1) is 13.7. The molecule has 1 aromatic heterocycles. The molecule has 1 aromatic rings. The normalized spacial score (nSPS) is 22.3. The van der Waals surface area contributed by atoms with Gasteiger partial charge in [-0.25, -0.2) is 0 Å². The minimum absolute atomic E-state index is 0.101. The molecule has 29 heavy (non-hydrogen) atoms. The van der Waals surface area contributed by atoms with E-state index in [1.54, 1.807) is 12.1 Å². The molecule has 1 saturated carbocycles. The number of hydrogen-bond acceptors (Lipinski definition) is 4. The largest absolute Gasteiger partial charge is 0.351 e. The lowest BCUT2D eigenvalue weighted by Crippen LogP contribution is -2.50. The Hall–Kier alpha value is -2.53. The van der Waals surface area contributed by atoms with Crippen LogP contribution in [-0.4, -0.2) is 40.3 Å². The summed E-state index contributed by atoms with van der Waals surface area (Å²) < 4.78 is 0. The Kier molecular flexibility index (Phi) is 6.18. The number of carbonyl (C=O) groups is 3. The third-order valence-corrected chi connectivity index (χ3v) is 5.58. The van der Waals surface area contributed by atoms with Gasteiger partial charge in [-0.2, -0.15) is 5.26 Å². The van der Waals surface area contributed by atoms with E-state index < -0.39 is 23.9 Å². The van der Waals surface area contributed by atoms with Crippen LogP contribution in [0, 0.1) is 23.2 Å². The Balaban J connectivity index is 1.61. The van der Waals surface area contributed by atoms with Crippen LogP contribution in [0.3, 0.4) is 0 Å². The van der Waals surface area contributed by atoms with Gasteiger partial charge in [0, 0.05) is 11.5 Å². The van der Waals surface area contributed by atoms with Crippen LogP contribution in [0.25, 0.3) is 0 Å². The fraction of sp³-hybridized carbons (Fsp3) is 0.600. The number of hydrogen-bond donors (Lipinski definition) is 4. The second-order valence-electron chi connectivity index (χ2n) is 8.63. The first-order valence-electron chi connectivity index (χ1n) is 9.84. The molecular weight excluding hydrogens is 394 g/mol. The summed E-state index contributed by atoms with van der Waals surface area (Å²) in [5, 5.41) is 18.2. The van der Waals surface area contributed by atoms with Crippen LogP contribution in [0.5, 0.6) is 0 Å². The number of H-pyrrole nitrogens is 1. The fourth-order valence-corrected chi connectivity index (χ4v) is 3.91. The maximum atomic E-state index is 12.8. The average Bonchev–Trinajstić information content (AvgIpc) is 3.28. The third-order valence-electron chi connectivity index (χ3n) is 5.36. The summed E-state index contributed by atoms with van der Waals surface area (Å²) in [6.07, 6.45) is 3.41. The Bertz CT molecular complexity index is 839. The van der Waals surface area contributed by atoms with Gasteiger partial charge in [0.25, 0.3) is 5.91 Å².